The van der Waals surface area contributed by atoms with Crippen LogP contribution in [0, 0.1) is 11.3 Å². The number of benzene rings is 1. The first kappa shape index (κ1) is 15.1. The van der Waals surface area contributed by atoms with E-state index >= 15 is 0 Å². The Morgan fingerprint density at radius 2 is 2.29 bits per heavy atom. The molecule has 1 aromatic carbocycles. The molecule has 0 aliphatic carbocycles. The fourth-order valence-corrected chi connectivity index (χ4v) is 2.08. The Bertz CT molecular complexity index is 614. The van der Waals surface area contributed by atoms with Crippen LogP contribution in [0.4, 0.5) is 10.5 Å². The molecule has 1 atom stereocenters. The van der Waals surface area contributed by atoms with Crippen LogP contribution in [0.2, 0.25) is 5.02 Å². The second-order valence-electron chi connectivity index (χ2n) is 4.36. The first-order valence-corrected chi connectivity index (χ1v) is 6.49. The number of hydrogen-bond acceptors (Lipinski definition) is 4. The molecule has 0 radical (unpaired) electrons. The smallest absolute Gasteiger partial charge is 0.337 e. The molecule has 1 aliphatic rings. The van der Waals surface area contributed by atoms with Gasteiger partial charge in [0.1, 0.15) is 0 Å². The van der Waals surface area contributed by atoms with Gasteiger partial charge in [-0.15, -0.1) is 0 Å². The van der Waals surface area contributed by atoms with Gasteiger partial charge in [-0.25, -0.2) is 9.59 Å². The molecule has 1 heterocycles. The Labute approximate surface area is 125 Å². The summed E-state index contributed by atoms with van der Waals surface area (Å²) in [5.74, 6) is -1.19. The molecule has 1 saturated heterocycles. The van der Waals surface area contributed by atoms with Crippen LogP contribution in [0.15, 0.2) is 18.2 Å². The number of aromatic carboxylic acids is 1. The van der Waals surface area contributed by atoms with Crippen molar-refractivity contribution >= 4 is 29.3 Å². The number of rotatable bonds is 2. The third kappa shape index (κ3) is 3.62. The van der Waals surface area contributed by atoms with Crippen molar-refractivity contribution in [3.63, 3.8) is 0 Å². The maximum Gasteiger partial charge on any atom is 0.337 e. The monoisotopic (exact) mass is 309 g/mol. The van der Waals surface area contributed by atoms with E-state index in [-0.39, 0.29) is 29.4 Å². The highest BCUT2D eigenvalue weighted by atomic mass is 35.5. The van der Waals surface area contributed by atoms with Crippen LogP contribution >= 0.6 is 11.6 Å². The van der Waals surface area contributed by atoms with Crippen LogP contribution < -0.4 is 5.32 Å². The first-order chi connectivity index (χ1) is 10.0. The van der Waals surface area contributed by atoms with Crippen molar-refractivity contribution in [2.45, 2.75) is 6.10 Å². The second kappa shape index (κ2) is 6.43. The number of nitrogens with zero attached hydrogens (tertiary/aromatic N) is 2. The SMILES string of the molecule is N#CC1CN(C(=O)Nc2ccc(Cl)cc2C(=O)O)CCO1. The molecule has 1 unspecified atom stereocenters. The zero-order valence-electron chi connectivity index (χ0n) is 10.9. The second-order valence-corrected chi connectivity index (χ2v) is 4.80. The average molecular weight is 310 g/mol. The molecule has 7 nitrogen and oxygen atoms in total. The molecule has 1 aliphatic heterocycles. The van der Waals surface area contributed by atoms with Gasteiger partial charge in [0.2, 0.25) is 0 Å². The first-order valence-electron chi connectivity index (χ1n) is 6.11. The summed E-state index contributed by atoms with van der Waals surface area (Å²) in [6.45, 7) is 0.733. The zero-order valence-corrected chi connectivity index (χ0v) is 11.6. The summed E-state index contributed by atoms with van der Waals surface area (Å²) in [5, 5.41) is 20.7. The summed E-state index contributed by atoms with van der Waals surface area (Å²) >= 11 is 5.75. The van der Waals surface area contributed by atoms with Gasteiger partial charge in [0.05, 0.1) is 30.5 Å². The lowest BCUT2D eigenvalue weighted by atomic mass is 10.2. The molecule has 110 valence electrons. The largest absolute Gasteiger partial charge is 0.478 e. The van der Waals surface area contributed by atoms with Gasteiger partial charge < -0.3 is 20.1 Å². The molecular formula is C13H12ClN3O4. The van der Waals surface area contributed by atoms with Crippen LogP contribution in [0.5, 0.6) is 0 Å². The Balaban J connectivity index is 2.13. The molecule has 2 N–H and O–H groups in total. The van der Waals surface area contributed by atoms with Gasteiger partial charge in [-0.3, -0.25) is 0 Å². The number of carboxylic acids is 1. The summed E-state index contributed by atoms with van der Waals surface area (Å²) in [5.41, 5.74) is 0.0536. The van der Waals surface area contributed by atoms with E-state index in [1.807, 2.05) is 6.07 Å². The maximum absolute atomic E-state index is 12.1. The standard InChI is InChI=1S/C13H12ClN3O4/c14-8-1-2-11(10(5-8)12(18)19)16-13(20)17-3-4-21-9(6-15)7-17/h1-2,5,9H,3-4,7H2,(H,16,20)(H,18,19). The Hall–Kier alpha value is -2.30. The van der Waals surface area contributed by atoms with Gasteiger partial charge in [0, 0.05) is 11.6 Å². The van der Waals surface area contributed by atoms with Crippen molar-refractivity contribution in [2.75, 3.05) is 25.0 Å². The van der Waals surface area contributed by atoms with Crippen molar-refractivity contribution in [3.8, 4) is 6.07 Å². The predicted molar refractivity (Wildman–Crippen MR) is 74.4 cm³/mol. The van der Waals surface area contributed by atoms with Crippen molar-refractivity contribution in [1.82, 2.24) is 4.90 Å². The van der Waals surface area contributed by atoms with Crippen LogP contribution in [-0.4, -0.2) is 47.8 Å². The van der Waals surface area contributed by atoms with Gasteiger partial charge in [-0.2, -0.15) is 5.26 Å². The number of carbonyl (C=O) groups is 2. The van der Waals surface area contributed by atoms with Gasteiger partial charge >= 0.3 is 12.0 Å². The Kier molecular flexibility index (Phi) is 4.62. The van der Waals surface area contributed by atoms with E-state index in [0.717, 1.165) is 0 Å². The molecular weight excluding hydrogens is 298 g/mol. The number of amides is 2. The number of halogens is 1. The minimum Gasteiger partial charge on any atom is -0.478 e. The fourth-order valence-electron chi connectivity index (χ4n) is 1.91. The van der Waals surface area contributed by atoms with Crippen molar-refractivity contribution < 1.29 is 19.4 Å². The summed E-state index contributed by atoms with van der Waals surface area (Å²) in [6, 6.07) is 5.62. The Morgan fingerprint density at radius 1 is 1.52 bits per heavy atom. The molecule has 21 heavy (non-hydrogen) atoms. The van der Waals surface area contributed by atoms with E-state index in [4.69, 9.17) is 26.7 Å². The van der Waals surface area contributed by atoms with Gasteiger partial charge in [-0.05, 0) is 18.2 Å². The molecule has 1 aromatic rings. The summed E-state index contributed by atoms with van der Waals surface area (Å²) in [4.78, 5) is 24.7. The van der Waals surface area contributed by atoms with Crippen molar-refractivity contribution in [2.24, 2.45) is 0 Å². The Morgan fingerprint density at radius 3 is 2.95 bits per heavy atom. The molecule has 0 bridgehead atoms. The third-order valence-electron chi connectivity index (χ3n) is 2.95. The lowest BCUT2D eigenvalue weighted by molar-refractivity contribution is 0.0181. The molecule has 0 spiro atoms. The van der Waals surface area contributed by atoms with E-state index < -0.39 is 18.1 Å². The van der Waals surface area contributed by atoms with E-state index in [0.29, 0.717) is 6.54 Å². The third-order valence-corrected chi connectivity index (χ3v) is 3.19. The highest BCUT2D eigenvalue weighted by molar-refractivity contribution is 6.31. The number of hydrogen-bond donors (Lipinski definition) is 2. The number of carbonyl (C=O) groups excluding carboxylic acids is 1. The quantitative estimate of drug-likeness (QED) is 0.867. The normalized spacial score (nSPS) is 17.9. The van der Waals surface area contributed by atoms with Gasteiger partial charge in [-0.1, -0.05) is 11.6 Å². The highest BCUT2D eigenvalue weighted by Gasteiger charge is 2.25. The van der Waals surface area contributed by atoms with E-state index in [1.54, 1.807) is 0 Å². The van der Waals surface area contributed by atoms with Crippen molar-refractivity contribution in [3.05, 3.63) is 28.8 Å². The molecule has 0 saturated carbocycles. The number of anilines is 1. The lowest BCUT2D eigenvalue weighted by Crippen LogP contribution is -2.47. The fraction of sp³-hybridized carbons (Fsp3) is 0.308. The number of urea groups is 1. The number of morpholine rings is 1. The van der Waals surface area contributed by atoms with Gasteiger partial charge in [0.15, 0.2) is 6.10 Å². The molecule has 2 amide bonds. The summed E-state index contributed by atoms with van der Waals surface area (Å²) in [7, 11) is 0. The minimum atomic E-state index is -1.19. The minimum absolute atomic E-state index is 0.0963. The number of nitrogens with one attached hydrogen (secondary N) is 1. The lowest BCUT2D eigenvalue weighted by Gasteiger charge is -2.29. The van der Waals surface area contributed by atoms with E-state index in [2.05, 4.69) is 5.32 Å². The molecule has 1 fully saturated rings. The maximum atomic E-state index is 12.1. The van der Waals surface area contributed by atoms with Crippen LogP contribution in [0.1, 0.15) is 10.4 Å². The summed E-state index contributed by atoms with van der Waals surface area (Å²) < 4.78 is 5.14. The van der Waals surface area contributed by atoms with Crippen LogP contribution in [0.3, 0.4) is 0 Å². The highest BCUT2D eigenvalue weighted by Crippen LogP contribution is 2.21. The average Bonchev–Trinajstić information content (AvgIpc) is 2.48. The molecule has 8 heteroatoms. The van der Waals surface area contributed by atoms with Gasteiger partial charge in [0.25, 0.3) is 0 Å². The number of nitriles is 1. The number of ether oxygens (including phenoxy) is 1. The van der Waals surface area contributed by atoms with Crippen molar-refractivity contribution in [1.29, 1.82) is 5.26 Å². The van der Waals surface area contributed by atoms with Crippen LogP contribution in [-0.2, 0) is 4.74 Å². The zero-order chi connectivity index (χ0) is 15.4. The molecule has 2 rings (SSSR count). The molecule has 0 aromatic heterocycles. The predicted octanol–water partition coefficient (Wildman–Crippen LogP) is 1.79. The van der Waals surface area contributed by atoms with Crippen LogP contribution in [0.25, 0.3) is 0 Å². The van der Waals surface area contributed by atoms with E-state index in [9.17, 15) is 9.59 Å². The topological polar surface area (TPSA) is 103 Å². The number of carboxylic acid groups (broad SMARTS) is 1. The van der Waals surface area contributed by atoms with E-state index in [1.165, 1.54) is 23.1 Å². The summed E-state index contributed by atoms with van der Waals surface area (Å²) in [6.07, 6.45) is -0.673.